The van der Waals surface area contributed by atoms with Gasteiger partial charge in [-0.05, 0) is 61.7 Å². The van der Waals surface area contributed by atoms with Gasteiger partial charge in [-0.15, -0.1) is 0 Å². The van der Waals surface area contributed by atoms with Crippen molar-refractivity contribution in [2.45, 2.75) is 51.9 Å². The van der Waals surface area contributed by atoms with E-state index in [-0.39, 0.29) is 0 Å². The van der Waals surface area contributed by atoms with Gasteiger partial charge in [0.2, 0.25) is 0 Å². The minimum Gasteiger partial charge on any atom is -0.0654 e. The lowest BCUT2D eigenvalue weighted by Crippen LogP contribution is -2.22. The molecule has 2 bridgehead atoms. The normalized spacial score (nSPS) is 48.7. The standard InChI is InChI=1S/C13H21/c1-2-4-9-7-10-8-13(9)12-6-3-5-11(10)12/h10-13H,2-8H2,1H3. The fourth-order valence-corrected chi connectivity index (χ4v) is 4.58. The highest BCUT2D eigenvalue weighted by atomic mass is 14.6. The lowest BCUT2D eigenvalue weighted by Gasteiger charge is -2.30. The average Bonchev–Trinajstić information content (AvgIpc) is 2.72. The Balaban J connectivity index is 1.74. The first-order chi connectivity index (χ1) is 6.40. The Kier molecular flexibility index (Phi) is 1.92. The first-order valence-electron chi connectivity index (χ1n) is 6.24. The fraction of sp³-hybridized carbons (Fsp3) is 0.923. The molecule has 0 aromatic rings. The second kappa shape index (κ2) is 3.00. The molecular weight excluding hydrogens is 156 g/mol. The van der Waals surface area contributed by atoms with E-state index in [2.05, 4.69) is 6.92 Å². The van der Waals surface area contributed by atoms with Crippen LogP contribution >= 0.6 is 0 Å². The highest BCUT2D eigenvalue weighted by Crippen LogP contribution is 2.62. The van der Waals surface area contributed by atoms with E-state index >= 15 is 0 Å². The van der Waals surface area contributed by atoms with Gasteiger partial charge < -0.3 is 0 Å². The van der Waals surface area contributed by atoms with Crippen LogP contribution in [0.25, 0.3) is 0 Å². The van der Waals surface area contributed by atoms with E-state index in [4.69, 9.17) is 0 Å². The zero-order chi connectivity index (χ0) is 8.84. The molecule has 0 heteroatoms. The highest BCUT2D eigenvalue weighted by Gasteiger charge is 2.53. The van der Waals surface area contributed by atoms with Crippen LogP contribution in [-0.2, 0) is 0 Å². The zero-order valence-electron chi connectivity index (χ0n) is 8.76. The molecule has 0 aliphatic heterocycles. The van der Waals surface area contributed by atoms with Crippen molar-refractivity contribution in [2.24, 2.45) is 23.7 Å². The van der Waals surface area contributed by atoms with Crippen LogP contribution in [0.5, 0.6) is 0 Å². The van der Waals surface area contributed by atoms with Crippen molar-refractivity contribution in [1.29, 1.82) is 0 Å². The Morgan fingerprint density at radius 3 is 2.92 bits per heavy atom. The molecule has 0 aromatic heterocycles. The molecule has 0 heterocycles. The van der Waals surface area contributed by atoms with Gasteiger partial charge in [0, 0.05) is 0 Å². The van der Waals surface area contributed by atoms with Crippen molar-refractivity contribution in [2.75, 3.05) is 0 Å². The van der Waals surface area contributed by atoms with E-state index < -0.39 is 0 Å². The van der Waals surface area contributed by atoms with Gasteiger partial charge >= 0.3 is 0 Å². The van der Waals surface area contributed by atoms with Crippen molar-refractivity contribution in [3.63, 3.8) is 0 Å². The van der Waals surface area contributed by atoms with Crippen LogP contribution < -0.4 is 0 Å². The zero-order valence-corrected chi connectivity index (χ0v) is 8.76. The summed E-state index contributed by atoms with van der Waals surface area (Å²) in [5.41, 5.74) is 0. The van der Waals surface area contributed by atoms with Crippen LogP contribution in [0.4, 0.5) is 0 Å². The molecule has 3 aliphatic carbocycles. The molecule has 0 aromatic carbocycles. The molecule has 0 N–H and O–H groups in total. The third-order valence-electron chi connectivity index (χ3n) is 4.92. The van der Waals surface area contributed by atoms with Gasteiger partial charge in [-0.25, -0.2) is 0 Å². The number of hydrogen-bond donors (Lipinski definition) is 0. The van der Waals surface area contributed by atoms with Crippen LogP contribution in [0.15, 0.2) is 0 Å². The predicted octanol–water partition coefficient (Wildman–Crippen LogP) is 3.82. The largest absolute Gasteiger partial charge is 0.0654 e. The first-order valence-corrected chi connectivity index (χ1v) is 6.24. The van der Waals surface area contributed by atoms with Gasteiger partial charge in [-0.2, -0.15) is 0 Å². The summed E-state index contributed by atoms with van der Waals surface area (Å²) >= 11 is 0. The summed E-state index contributed by atoms with van der Waals surface area (Å²) in [5.74, 6) is 6.53. The summed E-state index contributed by atoms with van der Waals surface area (Å²) < 4.78 is 0. The molecule has 0 nitrogen and oxygen atoms in total. The number of hydrogen-bond acceptors (Lipinski definition) is 0. The molecule has 0 saturated heterocycles. The molecule has 3 aliphatic rings. The maximum absolute atomic E-state index is 2.34. The summed E-state index contributed by atoms with van der Waals surface area (Å²) in [6.45, 7) is 2.34. The highest BCUT2D eigenvalue weighted by molar-refractivity contribution is 5.15. The Hall–Kier alpha value is 0. The Morgan fingerprint density at radius 1 is 1.23 bits per heavy atom. The Morgan fingerprint density at radius 2 is 2.08 bits per heavy atom. The summed E-state index contributed by atoms with van der Waals surface area (Å²) in [6, 6.07) is 0. The lowest BCUT2D eigenvalue weighted by atomic mass is 9.74. The lowest BCUT2D eigenvalue weighted by molar-refractivity contribution is 0.270. The summed E-state index contributed by atoms with van der Waals surface area (Å²) in [7, 11) is 0. The van der Waals surface area contributed by atoms with Crippen LogP contribution in [0, 0.1) is 29.6 Å². The monoisotopic (exact) mass is 177 g/mol. The molecule has 4 unspecified atom stereocenters. The topological polar surface area (TPSA) is 0 Å². The second-order valence-corrected chi connectivity index (χ2v) is 5.47. The maximum atomic E-state index is 2.34. The molecule has 3 saturated carbocycles. The van der Waals surface area contributed by atoms with Crippen molar-refractivity contribution in [3.05, 3.63) is 5.92 Å². The SMILES string of the molecule is CCC[C]1CC2CC1C1CCCC21. The first kappa shape index (κ1) is 8.32. The van der Waals surface area contributed by atoms with Crippen LogP contribution in [0.2, 0.25) is 0 Å². The third-order valence-corrected chi connectivity index (χ3v) is 4.92. The molecule has 3 rings (SSSR count). The molecule has 73 valence electrons. The second-order valence-electron chi connectivity index (χ2n) is 5.47. The van der Waals surface area contributed by atoms with Crippen LogP contribution in [-0.4, -0.2) is 0 Å². The van der Waals surface area contributed by atoms with Gasteiger partial charge in [0.1, 0.15) is 0 Å². The van der Waals surface area contributed by atoms with Gasteiger partial charge in [-0.1, -0.05) is 19.8 Å². The minimum absolute atomic E-state index is 1.09. The molecular formula is C13H21. The minimum atomic E-state index is 1.09. The van der Waals surface area contributed by atoms with Crippen LogP contribution in [0.3, 0.4) is 0 Å². The van der Waals surface area contributed by atoms with Crippen molar-refractivity contribution in [1.82, 2.24) is 0 Å². The van der Waals surface area contributed by atoms with Gasteiger partial charge in [-0.3, -0.25) is 0 Å². The summed E-state index contributed by atoms with van der Waals surface area (Å²) in [5, 5.41) is 0. The van der Waals surface area contributed by atoms with Crippen LogP contribution in [0.1, 0.15) is 51.9 Å². The molecule has 1 radical (unpaired) electrons. The molecule has 3 fully saturated rings. The molecule has 0 amide bonds. The molecule has 4 atom stereocenters. The van der Waals surface area contributed by atoms with E-state index in [9.17, 15) is 0 Å². The van der Waals surface area contributed by atoms with E-state index in [0.29, 0.717) is 0 Å². The molecule has 13 heavy (non-hydrogen) atoms. The van der Waals surface area contributed by atoms with Crippen molar-refractivity contribution >= 4 is 0 Å². The Bertz CT molecular complexity index is 196. The Labute approximate surface area is 82.1 Å². The quantitative estimate of drug-likeness (QED) is 0.601. The van der Waals surface area contributed by atoms with E-state index in [1.54, 1.807) is 25.7 Å². The van der Waals surface area contributed by atoms with Gasteiger partial charge in [0.05, 0.1) is 0 Å². The van der Waals surface area contributed by atoms with E-state index in [0.717, 1.165) is 17.8 Å². The third kappa shape index (κ3) is 1.10. The number of fused-ring (bicyclic) bond motifs is 5. The summed E-state index contributed by atoms with van der Waals surface area (Å²) in [4.78, 5) is 0. The summed E-state index contributed by atoms with van der Waals surface area (Å²) in [6.07, 6.45) is 10.6. The van der Waals surface area contributed by atoms with E-state index in [1.807, 2.05) is 5.92 Å². The smallest absolute Gasteiger partial charge is 0.0204 e. The van der Waals surface area contributed by atoms with Crippen molar-refractivity contribution < 1.29 is 0 Å². The predicted molar refractivity (Wildman–Crippen MR) is 55.2 cm³/mol. The average molecular weight is 177 g/mol. The number of rotatable bonds is 2. The fourth-order valence-electron chi connectivity index (χ4n) is 4.58. The maximum Gasteiger partial charge on any atom is -0.0204 e. The van der Waals surface area contributed by atoms with Gasteiger partial charge in [0.25, 0.3) is 0 Å². The molecule has 0 spiro atoms. The van der Waals surface area contributed by atoms with Crippen molar-refractivity contribution in [3.8, 4) is 0 Å². The van der Waals surface area contributed by atoms with Gasteiger partial charge in [0.15, 0.2) is 0 Å². The van der Waals surface area contributed by atoms with E-state index in [1.165, 1.54) is 25.2 Å².